The minimum absolute atomic E-state index is 0.655. The molecule has 0 radical (unpaired) electrons. The summed E-state index contributed by atoms with van der Waals surface area (Å²) >= 11 is 3.52. The van der Waals surface area contributed by atoms with Crippen molar-refractivity contribution in [3.8, 4) is 5.75 Å². The SMILES string of the molecule is COc1ccc(Br)cc1CN[C@H]1CCCC[C@H]1C. The summed E-state index contributed by atoms with van der Waals surface area (Å²) in [6.07, 6.45) is 5.40. The van der Waals surface area contributed by atoms with Gasteiger partial charge in [-0.1, -0.05) is 35.7 Å². The quantitative estimate of drug-likeness (QED) is 0.903. The van der Waals surface area contributed by atoms with Gasteiger partial charge >= 0.3 is 0 Å². The minimum Gasteiger partial charge on any atom is -0.496 e. The Labute approximate surface area is 118 Å². The van der Waals surface area contributed by atoms with E-state index < -0.39 is 0 Å². The summed E-state index contributed by atoms with van der Waals surface area (Å²) in [6, 6.07) is 6.83. The molecule has 1 saturated carbocycles. The van der Waals surface area contributed by atoms with Gasteiger partial charge in [0.05, 0.1) is 7.11 Å². The van der Waals surface area contributed by atoms with E-state index in [0.717, 1.165) is 22.7 Å². The van der Waals surface area contributed by atoms with Gasteiger partial charge in [0.25, 0.3) is 0 Å². The number of ether oxygens (including phenoxy) is 1. The summed E-state index contributed by atoms with van der Waals surface area (Å²) in [5.41, 5.74) is 1.23. The number of benzene rings is 1. The summed E-state index contributed by atoms with van der Waals surface area (Å²) in [4.78, 5) is 0. The van der Waals surface area contributed by atoms with Crippen molar-refractivity contribution < 1.29 is 4.74 Å². The lowest BCUT2D eigenvalue weighted by Gasteiger charge is -2.30. The van der Waals surface area contributed by atoms with E-state index in [1.54, 1.807) is 7.11 Å². The maximum atomic E-state index is 5.41. The van der Waals surface area contributed by atoms with E-state index in [1.165, 1.54) is 31.2 Å². The first kappa shape index (κ1) is 13.9. The van der Waals surface area contributed by atoms with E-state index in [9.17, 15) is 0 Å². The second-order valence-corrected chi connectivity index (χ2v) is 6.12. The average molecular weight is 312 g/mol. The molecule has 2 rings (SSSR count). The molecule has 0 unspecified atom stereocenters. The number of halogens is 1. The highest BCUT2D eigenvalue weighted by Gasteiger charge is 2.20. The molecule has 0 aromatic heterocycles. The van der Waals surface area contributed by atoms with Crippen LogP contribution in [0.3, 0.4) is 0 Å². The van der Waals surface area contributed by atoms with Crippen LogP contribution in [0.5, 0.6) is 5.75 Å². The van der Waals surface area contributed by atoms with Crippen LogP contribution in [0.25, 0.3) is 0 Å². The Morgan fingerprint density at radius 1 is 1.33 bits per heavy atom. The maximum absolute atomic E-state index is 5.41. The highest BCUT2D eigenvalue weighted by Crippen LogP contribution is 2.26. The van der Waals surface area contributed by atoms with Gasteiger partial charge < -0.3 is 10.1 Å². The van der Waals surface area contributed by atoms with E-state index in [-0.39, 0.29) is 0 Å². The molecule has 18 heavy (non-hydrogen) atoms. The molecule has 100 valence electrons. The van der Waals surface area contributed by atoms with Crippen molar-refractivity contribution in [1.82, 2.24) is 5.32 Å². The van der Waals surface area contributed by atoms with Crippen molar-refractivity contribution in [2.24, 2.45) is 5.92 Å². The van der Waals surface area contributed by atoms with Gasteiger partial charge in [-0.3, -0.25) is 0 Å². The first-order chi connectivity index (χ1) is 8.70. The molecule has 1 fully saturated rings. The molecule has 0 amide bonds. The van der Waals surface area contributed by atoms with Crippen molar-refractivity contribution in [1.29, 1.82) is 0 Å². The van der Waals surface area contributed by atoms with Crippen LogP contribution in [0, 0.1) is 5.92 Å². The second-order valence-electron chi connectivity index (χ2n) is 5.21. The molecule has 1 aromatic carbocycles. The van der Waals surface area contributed by atoms with Crippen LogP contribution < -0.4 is 10.1 Å². The van der Waals surface area contributed by atoms with Crippen molar-refractivity contribution in [2.75, 3.05) is 7.11 Å². The summed E-state index contributed by atoms with van der Waals surface area (Å²) in [7, 11) is 1.73. The lowest BCUT2D eigenvalue weighted by molar-refractivity contribution is 0.278. The Balaban J connectivity index is 1.98. The lowest BCUT2D eigenvalue weighted by Crippen LogP contribution is -2.36. The topological polar surface area (TPSA) is 21.3 Å². The van der Waals surface area contributed by atoms with Crippen LogP contribution in [-0.2, 0) is 6.54 Å². The maximum Gasteiger partial charge on any atom is 0.123 e. The molecule has 2 nitrogen and oxygen atoms in total. The predicted molar refractivity (Wildman–Crippen MR) is 79.0 cm³/mol. The van der Waals surface area contributed by atoms with E-state index in [1.807, 2.05) is 12.1 Å². The fourth-order valence-electron chi connectivity index (χ4n) is 2.75. The van der Waals surface area contributed by atoms with Gasteiger partial charge in [0, 0.05) is 22.6 Å². The third-order valence-corrected chi connectivity index (χ3v) is 4.40. The second kappa shape index (κ2) is 6.58. The van der Waals surface area contributed by atoms with Crippen LogP contribution in [0.15, 0.2) is 22.7 Å². The van der Waals surface area contributed by atoms with Gasteiger partial charge in [0.2, 0.25) is 0 Å². The lowest BCUT2D eigenvalue weighted by atomic mass is 9.86. The first-order valence-electron chi connectivity index (χ1n) is 6.76. The molecular weight excluding hydrogens is 290 g/mol. The van der Waals surface area contributed by atoms with E-state index in [0.29, 0.717) is 6.04 Å². The number of rotatable bonds is 4. The molecule has 0 aliphatic heterocycles. The molecule has 1 aliphatic carbocycles. The molecule has 0 heterocycles. The van der Waals surface area contributed by atoms with Gasteiger partial charge in [-0.05, 0) is 37.0 Å². The fourth-order valence-corrected chi connectivity index (χ4v) is 3.15. The Hall–Kier alpha value is -0.540. The molecule has 3 heteroatoms. The summed E-state index contributed by atoms with van der Waals surface area (Å²) in [5.74, 6) is 1.76. The largest absolute Gasteiger partial charge is 0.496 e. The third kappa shape index (κ3) is 3.48. The van der Waals surface area contributed by atoms with Crippen LogP contribution in [0.2, 0.25) is 0 Å². The van der Waals surface area contributed by atoms with Crippen molar-refractivity contribution in [2.45, 2.75) is 45.2 Å². The Morgan fingerprint density at radius 3 is 2.83 bits per heavy atom. The summed E-state index contributed by atoms with van der Waals surface area (Å²) in [5, 5.41) is 3.69. The van der Waals surface area contributed by atoms with E-state index in [4.69, 9.17) is 4.74 Å². The zero-order valence-electron chi connectivity index (χ0n) is 11.2. The van der Waals surface area contributed by atoms with Crippen LogP contribution >= 0.6 is 15.9 Å². The molecular formula is C15H22BrNO. The zero-order chi connectivity index (χ0) is 13.0. The van der Waals surface area contributed by atoms with E-state index >= 15 is 0 Å². The highest BCUT2D eigenvalue weighted by atomic mass is 79.9. The standard InChI is InChI=1S/C15H22BrNO/c1-11-5-3-4-6-14(11)17-10-12-9-13(16)7-8-15(12)18-2/h7-9,11,14,17H,3-6,10H2,1-2H3/t11-,14+/m1/s1. The Bertz CT molecular complexity index is 394. The monoisotopic (exact) mass is 311 g/mol. The summed E-state index contributed by atoms with van der Waals surface area (Å²) in [6.45, 7) is 3.24. The van der Waals surface area contributed by atoms with Crippen LogP contribution in [0.1, 0.15) is 38.2 Å². The number of hydrogen-bond donors (Lipinski definition) is 1. The van der Waals surface area contributed by atoms with Crippen molar-refractivity contribution in [3.63, 3.8) is 0 Å². The Morgan fingerprint density at radius 2 is 2.11 bits per heavy atom. The molecule has 0 bridgehead atoms. The number of methoxy groups -OCH3 is 1. The highest BCUT2D eigenvalue weighted by molar-refractivity contribution is 9.10. The number of hydrogen-bond acceptors (Lipinski definition) is 2. The fraction of sp³-hybridized carbons (Fsp3) is 0.600. The van der Waals surface area contributed by atoms with Gasteiger partial charge in [-0.25, -0.2) is 0 Å². The molecule has 0 saturated heterocycles. The van der Waals surface area contributed by atoms with Crippen LogP contribution in [-0.4, -0.2) is 13.2 Å². The Kier molecular flexibility index (Phi) is 5.07. The molecule has 2 atom stereocenters. The van der Waals surface area contributed by atoms with Crippen molar-refractivity contribution in [3.05, 3.63) is 28.2 Å². The summed E-state index contributed by atoms with van der Waals surface area (Å²) < 4.78 is 6.51. The first-order valence-corrected chi connectivity index (χ1v) is 7.56. The molecule has 0 spiro atoms. The predicted octanol–water partition coefficient (Wildman–Crippen LogP) is 4.13. The molecule has 1 N–H and O–H groups in total. The van der Waals surface area contributed by atoms with Gasteiger partial charge in [0.1, 0.15) is 5.75 Å². The zero-order valence-corrected chi connectivity index (χ0v) is 12.8. The van der Waals surface area contributed by atoms with E-state index in [2.05, 4.69) is 34.2 Å². The van der Waals surface area contributed by atoms with Crippen molar-refractivity contribution >= 4 is 15.9 Å². The molecule has 1 aromatic rings. The van der Waals surface area contributed by atoms with Gasteiger partial charge in [-0.2, -0.15) is 0 Å². The van der Waals surface area contributed by atoms with Gasteiger partial charge in [0.15, 0.2) is 0 Å². The smallest absolute Gasteiger partial charge is 0.123 e. The average Bonchev–Trinajstić information content (AvgIpc) is 2.38. The van der Waals surface area contributed by atoms with Gasteiger partial charge in [-0.15, -0.1) is 0 Å². The third-order valence-electron chi connectivity index (χ3n) is 3.91. The number of nitrogens with one attached hydrogen (secondary N) is 1. The minimum atomic E-state index is 0.655. The normalized spacial score (nSPS) is 23.9. The van der Waals surface area contributed by atoms with Crippen LogP contribution in [0.4, 0.5) is 0 Å². The molecule has 1 aliphatic rings.